The fourth-order valence-corrected chi connectivity index (χ4v) is 2.81. The topological polar surface area (TPSA) is 31.9 Å². The molecule has 1 aromatic heterocycles. The van der Waals surface area contributed by atoms with Gasteiger partial charge in [-0.15, -0.1) is 0 Å². The van der Waals surface area contributed by atoms with Crippen LogP contribution in [-0.2, 0) is 6.42 Å². The summed E-state index contributed by atoms with van der Waals surface area (Å²) < 4.78 is 0. The van der Waals surface area contributed by atoms with Gasteiger partial charge in [0, 0.05) is 30.9 Å². The summed E-state index contributed by atoms with van der Waals surface area (Å²) in [6, 6.07) is 0. The molecule has 1 aromatic rings. The van der Waals surface area contributed by atoms with Crippen LogP contribution in [0.2, 0.25) is 0 Å². The second-order valence-corrected chi connectivity index (χ2v) is 4.28. The summed E-state index contributed by atoms with van der Waals surface area (Å²) in [4.78, 5) is 10.1. The molecule has 1 atom stereocenters. The van der Waals surface area contributed by atoms with E-state index in [4.69, 9.17) is 0 Å². The third-order valence-corrected chi connectivity index (χ3v) is 3.64. The fraction of sp³-hybridized carbons (Fsp3) is 0.700. The minimum Gasteiger partial charge on any atom is -0.349 e. The van der Waals surface area contributed by atoms with Crippen LogP contribution in [0.3, 0.4) is 0 Å². The molecule has 0 aliphatic carbocycles. The van der Waals surface area contributed by atoms with Crippen LogP contribution in [0.4, 0.5) is 0 Å². The van der Waals surface area contributed by atoms with E-state index >= 15 is 0 Å². The van der Waals surface area contributed by atoms with Crippen LogP contribution in [0.5, 0.6) is 0 Å². The van der Waals surface area contributed by atoms with Crippen LogP contribution in [0.1, 0.15) is 25.1 Å². The van der Waals surface area contributed by atoms with Gasteiger partial charge in [-0.3, -0.25) is 4.90 Å². The molecule has 1 unspecified atom stereocenters. The first-order valence-corrected chi connectivity index (χ1v) is 5.12. The molecule has 3 nitrogen and oxygen atoms in total. The third-order valence-electron chi connectivity index (χ3n) is 3.64. The Kier molecular flexibility index (Phi) is 1.50. The number of aromatic nitrogens is 2. The van der Waals surface area contributed by atoms with Gasteiger partial charge in [-0.05, 0) is 25.8 Å². The molecule has 0 amide bonds. The summed E-state index contributed by atoms with van der Waals surface area (Å²) in [5.74, 6) is 1.16. The Morgan fingerprint density at radius 2 is 2.46 bits per heavy atom. The van der Waals surface area contributed by atoms with Crippen molar-refractivity contribution in [3.8, 4) is 0 Å². The molecule has 1 N–H and O–H groups in total. The Labute approximate surface area is 78.2 Å². The van der Waals surface area contributed by atoms with E-state index < -0.39 is 0 Å². The second-order valence-electron chi connectivity index (χ2n) is 4.28. The highest BCUT2D eigenvalue weighted by Crippen LogP contribution is 2.42. The van der Waals surface area contributed by atoms with Crippen LogP contribution in [-0.4, -0.2) is 33.5 Å². The van der Waals surface area contributed by atoms with Crippen molar-refractivity contribution in [3.05, 3.63) is 18.2 Å². The average Bonchev–Trinajstić information content (AvgIpc) is 2.68. The summed E-state index contributed by atoms with van der Waals surface area (Å²) in [5.41, 5.74) is 0.498. The van der Waals surface area contributed by atoms with Crippen LogP contribution in [0.25, 0.3) is 0 Å². The zero-order chi connectivity index (χ0) is 8.73. The first-order chi connectivity index (χ1) is 6.39. The van der Waals surface area contributed by atoms with E-state index in [-0.39, 0.29) is 0 Å². The Morgan fingerprint density at radius 3 is 3.08 bits per heavy atom. The Morgan fingerprint density at radius 1 is 1.46 bits per heavy atom. The molecule has 2 saturated heterocycles. The maximum absolute atomic E-state index is 4.31. The summed E-state index contributed by atoms with van der Waals surface area (Å²) in [6.07, 6.45) is 9.01. The van der Waals surface area contributed by atoms with E-state index in [1.165, 1.54) is 32.4 Å². The highest BCUT2D eigenvalue weighted by molar-refractivity contribution is 5.09. The van der Waals surface area contributed by atoms with Crippen molar-refractivity contribution in [2.45, 2.75) is 31.2 Å². The van der Waals surface area contributed by atoms with Crippen molar-refractivity contribution in [2.24, 2.45) is 0 Å². The van der Waals surface area contributed by atoms with Gasteiger partial charge >= 0.3 is 0 Å². The number of aromatic amines is 1. The number of H-pyrrole nitrogens is 1. The lowest BCUT2D eigenvalue weighted by molar-refractivity contribution is 0.0265. The van der Waals surface area contributed by atoms with E-state index in [0.717, 1.165) is 12.2 Å². The molecule has 2 aliphatic heterocycles. The smallest absolute Gasteiger partial charge is 0.107 e. The zero-order valence-electron chi connectivity index (χ0n) is 7.79. The summed E-state index contributed by atoms with van der Waals surface area (Å²) in [5, 5.41) is 0. The average molecular weight is 177 g/mol. The number of hydrogen-bond donors (Lipinski definition) is 1. The normalized spacial score (nSPS) is 32.9. The van der Waals surface area contributed by atoms with Gasteiger partial charge in [-0.2, -0.15) is 0 Å². The third kappa shape index (κ3) is 1.03. The minimum atomic E-state index is 0.498. The lowest BCUT2D eigenvalue weighted by Crippen LogP contribution is -2.56. The molecule has 3 rings (SSSR count). The van der Waals surface area contributed by atoms with Crippen molar-refractivity contribution in [1.29, 1.82) is 0 Å². The van der Waals surface area contributed by atoms with E-state index in [2.05, 4.69) is 14.9 Å². The lowest BCUT2D eigenvalue weighted by atomic mass is 9.82. The number of nitrogens with zero attached hydrogens (tertiary/aromatic N) is 2. The monoisotopic (exact) mass is 177 g/mol. The quantitative estimate of drug-likeness (QED) is 0.736. The second kappa shape index (κ2) is 2.58. The van der Waals surface area contributed by atoms with Gasteiger partial charge in [0.25, 0.3) is 0 Å². The summed E-state index contributed by atoms with van der Waals surface area (Å²) >= 11 is 0. The summed E-state index contributed by atoms with van der Waals surface area (Å²) in [6.45, 7) is 2.61. The van der Waals surface area contributed by atoms with Crippen molar-refractivity contribution in [2.75, 3.05) is 13.1 Å². The molecule has 3 heteroatoms. The maximum atomic E-state index is 4.31. The molecule has 0 spiro atoms. The Balaban J connectivity index is 1.78. The van der Waals surface area contributed by atoms with Crippen molar-refractivity contribution < 1.29 is 0 Å². The van der Waals surface area contributed by atoms with Gasteiger partial charge in [-0.25, -0.2) is 4.98 Å². The fourth-order valence-electron chi connectivity index (χ4n) is 2.81. The molecule has 0 aromatic carbocycles. The largest absolute Gasteiger partial charge is 0.349 e. The van der Waals surface area contributed by atoms with Crippen LogP contribution < -0.4 is 0 Å². The van der Waals surface area contributed by atoms with Gasteiger partial charge in [0.05, 0.1) is 0 Å². The highest BCUT2D eigenvalue weighted by Gasteiger charge is 2.47. The van der Waals surface area contributed by atoms with Gasteiger partial charge in [-0.1, -0.05) is 0 Å². The van der Waals surface area contributed by atoms with Crippen LogP contribution in [0, 0.1) is 0 Å². The van der Waals surface area contributed by atoms with E-state index in [1.807, 2.05) is 12.4 Å². The molecule has 0 bridgehead atoms. The predicted molar refractivity (Wildman–Crippen MR) is 50.4 cm³/mol. The van der Waals surface area contributed by atoms with Crippen molar-refractivity contribution in [3.63, 3.8) is 0 Å². The number of nitrogens with one attached hydrogen (secondary N) is 1. The first-order valence-electron chi connectivity index (χ1n) is 5.12. The van der Waals surface area contributed by atoms with E-state index in [9.17, 15) is 0 Å². The molecule has 3 heterocycles. The lowest BCUT2D eigenvalue weighted by Gasteiger charge is -2.48. The van der Waals surface area contributed by atoms with E-state index in [0.29, 0.717) is 5.54 Å². The van der Waals surface area contributed by atoms with Gasteiger partial charge < -0.3 is 4.98 Å². The number of fused-ring (bicyclic) bond motifs is 1. The number of hydrogen-bond acceptors (Lipinski definition) is 2. The molecular weight excluding hydrogens is 162 g/mol. The molecule has 13 heavy (non-hydrogen) atoms. The molecule has 0 radical (unpaired) electrons. The van der Waals surface area contributed by atoms with Gasteiger partial charge in [0.15, 0.2) is 0 Å². The number of rotatable bonds is 2. The van der Waals surface area contributed by atoms with Crippen LogP contribution in [0.15, 0.2) is 12.4 Å². The standard InChI is InChI=1S/C10H15N3/c1-2-10(3-7-13(10)6-1)8-9-11-4-5-12-9/h4-5H,1-3,6-8H2,(H,11,12). The minimum absolute atomic E-state index is 0.498. The predicted octanol–water partition coefficient (Wildman–Crippen LogP) is 1.19. The first kappa shape index (κ1) is 7.56. The molecule has 70 valence electrons. The SMILES string of the molecule is c1c[nH]c(CC23CCCN2CC3)n1. The molecule has 2 fully saturated rings. The van der Waals surface area contributed by atoms with Gasteiger partial charge in [0.2, 0.25) is 0 Å². The molecular formula is C10H15N3. The van der Waals surface area contributed by atoms with Crippen molar-refractivity contribution >= 4 is 0 Å². The molecule has 0 saturated carbocycles. The molecule has 2 aliphatic rings. The zero-order valence-corrected chi connectivity index (χ0v) is 7.79. The Hall–Kier alpha value is -0.830. The maximum Gasteiger partial charge on any atom is 0.107 e. The van der Waals surface area contributed by atoms with Crippen LogP contribution >= 0.6 is 0 Å². The Bertz CT molecular complexity index is 293. The van der Waals surface area contributed by atoms with Gasteiger partial charge in [0.1, 0.15) is 5.82 Å². The highest BCUT2D eigenvalue weighted by atomic mass is 15.3. The van der Waals surface area contributed by atoms with Crippen molar-refractivity contribution in [1.82, 2.24) is 14.9 Å². The number of imidazole rings is 1. The summed E-state index contributed by atoms with van der Waals surface area (Å²) in [7, 11) is 0. The van der Waals surface area contributed by atoms with E-state index in [1.54, 1.807) is 0 Å².